The number of aliphatic carboxylic acids is 1. The van der Waals surface area contributed by atoms with Crippen LogP contribution in [-0.2, 0) is 20.9 Å². The number of rotatable bonds is 11. The van der Waals surface area contributed by atoms with Crippen molar-refractivity contribution in [3.8, 4) is 0 Å². The van der Waals surface area contributed by atoms with Crippen molar-refractivity contribution >= 4 is 47.2 Å². The molecule has 0 aromatic heterocycles. The van der Waals surface area contributed by atoms with Gasteiger partial charge in [0.15, 0.2) is 0 Å². The van der Waals surface area contributed by atoms with Crippen LogP contribution in [-0.4, -0.2) is 62.2 Å². The molecule has 0 radical (unpaired) electrons. The third kappa shape index (κ3) is 5.61. The molecule has 1 fully saturated rings. The molecule has 2 aliphatic rings. The number of nitro benzene ring substituents is 1. The number of hydrogen-bond donors (Lipinski definition) is 2. The Kier molecular flexibility index (Phi) is 8.25. The van der Waals surface area contributed by atoms with Gasteiger partial charge in [-0.25, -0.2) is 9.59 Å². The van der Waals surface area contributed by atoms with E-state index in [-0.39, 0.29) is 47.7 Å². The minimum Gasteiger partial charge on any atom is -0.477 e. The molecule has 10 nitrogen and oxygen atoms in total. The maximum atomic E-state index is 12.6. The highest BCUT2D eigenvalue weighted by molar-refractivity contribution is 8.03. The Bertz CT molecular complexity index is 967. The summed E-state index contributed by atoms with van der Waals surface area (Å²) >= 11 is 3.02. The van der Waals surface area contributed by atoms with Crippen molar-refractivity contribution < 1.29 is 29.2 Å². The maximum Gasteiger partial charge on any atom is 0.407 e. The SMILES string of the molecule is CCS[C@@H](C)[C@H]1C(=O)N2C(C(=O)O)=C(SCCNC(=O)OCc3ccc([N+](=O)[O-])cc3)C[C@H]12. The smallest absolute Gasteiger partial charge is 0.407 e. The number of non-ortho nitro benzene ring substituents is 1. The minimum absolute atomic E-state index is 0.0284. The molecule has 12 heteroatoms. The summed E-state index contributed by atoms with van der Waals surface area (Å²) < 4.78 is 5.09. The molecule has 0 bridgehead atoms. The number of carboxylic acids is 1. The van der Waals surface area contributed by atoms with Crippen LogP contribution in [0.25, 0.3) is 0 Å². The van der Waals surface area contributed by atoms with E-state index in [0.717, 1.165) is 5.75 Å². The van der Waals surface area contributed by atoms with Crippen molar-refractivity contribution in [3.05, 3.63) is 50.5 Å². The molecule has 0 aliphatic carbocycles. The molecule has 1 aromatic carbocycles. The summed E-state index contributed by atoms with van der Waals surface area (Å²) in [6, 6.07) is 5.59. The highest BCUT2D eigenvalue weighted by Crippen LogP contribution is 2.48. The van der Waals surface area contributed by atoms with Gasteiger partial charge < -0.3 is 20.1 Å². The summed E-state index contributed by atoms with van der Waals surface area (Å²) in [4.78, 5) is 48.4. The number of carboxylic acid groups (broad SMARTS) is 1. The Morgan fingerprint density at radius 3 is 2.67 bits per heavy atom. The number of alkyl carbamates (subject to hydrolysis) is 1. The first-order chi connectivity index (χ1) is 15.7. The number of fused-ring (bicyclic) bond motifs is 1. The number of carbonyl (C=O) groups is 3. The molecule has 33 heavy (non-hydrogen) atoms. The van der Waals surface area contributed by atoms with Crippen molar-refractivity contribution in [2.75, 3.05) is 18.1 Å². The number of hydrogen-bond acceptors (Lipinski definition) is 8. The zero-order valence-corrected chi connectivity index (χ0v) is 19.8. The molecule has 0 unspecified atom stereocenters. The Balaban J connectivity index is 1.45. The lowest BCUT2D eigenvalue weighted by Gasteiger charge is -2.45. The second-order valence-electron chi connectivity index (χ2n) is 7.52. The fraction of sp³-hybridized carbons (Fsp3) is 0.476. The van der Waals surface area contributed by atoms with E-state index in [1.54, 1.807) is 11.8 Å². The van der Waals surface area contributed by atoms with Crippen molar-refractivity contribution in [1.82, 2.24) is 10.2 Å². The van der Waals surface area contributed by atoms with Gasteiger partial charge in [-0.3, -0.25) is 14.9 Å². The van der Waals surface area contributed by atoms with Gasteiger partial charge in [-0.05, 0) is 23.4 Å². The standard InChI is InChI=1S/C21H25N3O7S2/c1-3-32-12(2)17-15-10-16(18(20(26)27)23(15)19(17)25)33-9-8-22-21(28)31-11-13-4-6-14(7-5-13)24(29)30/h4-7,12,15,17H,3,8-11H2,1-2H3,(H,22,28)(H,26,27)/t12-,15+,17+/m0/s1. The van der Waals surface area contributed by atoms with Crippen LogP contribution in [0.4, 0.5) is 10.5 Å². The summed E-state index contributed by atoms with van der Waals surface area (Å²) in [5, 5.41) is 23.0. The number of amides is 2. The number of thioether (sulfide) groups is 2. The van der Waals surface area contributed by atoms with Crippen molar-refractivity contribution in [1.29, 1.82) is 0 Å². The van der Waals surface area contributed by atoms with Crippen LogP contribution in [0.5, 0.6) is 0 Å². The molecule has 3 atom stereocenters. The second kappa shape index (κ2) is 10.9. The Morgan fingerprint density at radius 1 is 1.36 bits per heavy atom. The lowest BCUT2D eigenvalue weighted by atomic mass is 9.85. The van der Waals surface area contributed by atoms with Gasteiger partial charge in [0.05, 0.1) is 16.9 Å². The summed E-state index contributed by atoms with van der Waals surface area (Å²) in [5.41, 5.74) is 0.630. The fourth-order valence-corrected chi connectivity index (χ4v) is 6.05. The first-order valence-electron chi connectivity index (χ1n) is 10.4. The number of β-lactam (4-membered cyclic amide) rings is 1. The van der Waals surface area contributed by atoms with E-state index in [1.807, 2.05) is 13.8 Å². The number of benzene rings is 1. The van der Waals surface area contributed by atoms with E-state index in [0.29, 0.717) is 22.6 Å². The lowest BCUT2D eigenvalue weighted by molar-refractivity contribution is -0.384. The van der Waals surface area contributed by atoms with Gasteiger partial charge >= 0.3 is 12.1 Å². The lowest BCUT2D eigenvalue weighted by Crippen LogP contribution is -2.61. The zero-order valence-electron chi connectivity index (χ0n) is 18.2. The second-order valence-corrected chi connectivity index (χ2v) is 10.4. The van der Waals surface area contributed by atoms with E-state index in [2.05, 4.69) is 5.32 Å². The third-order valence-electron chi connectivity index (χ3n) is 5.47. The summed E-state index contributed by atoms with van der Waals surface area (Å²) in [5.74, 6) is -0.0932. The normalized spacial score (nSPS) is 20.2. The van der Waals surface area contributed by atoms with Gasteiger partial charge in [0, 0.05) is 41.0 Å². The largest absolute Gasteiger partial charge is 0.477 e. The van der Waals surface area contributed by atoms with Gasteiger partial charge in [-0.15, -0.1) is 11.8 Å². The van der Waals surface area contributed by atoms with E-state index in [4.69, 9.17) is 4.74 Å². The van der Waals surface area contributed by atoms with Gasteiger partial charge in [-0.1, -0.05) is 13.8 Å². The summed E-state index contributed by atoms with van der Waals surface area (Å²) in [6.07, 6.45) is -0.126. The topological polar surface area (TPSA) is 139 Å². The first kappa shape index (κ1) is 24.9. The molecular formula is C21H25N3O7S2. The predicted octanol–water partition coefficient (Wildman–Crippen LogP) is 3.22. The molecular weight excluding hydrogens is 470 g/mol. The first-order valence-corrected chi connectivity index (χ1v) is 12.5. The molecule has 1 aromatic rings. The van der Waals surface area contributed by atoms with E-state index < -0.39 is 17.0 Å². The molecule has 1 saturated heterocycles. The molecule has 2 heterocycles. The minimum atomic E-state index is -1.11. The van der Waals surface area contributed by atoms with Gasteiger partial charge in [0.25, 0.3) is 5.69 Å². The summed E-state index contributed by atoms with van der Waals surface area (Å²) in [6.45, 7) is 4.26. The molecule has 2 aliphatic heterocycles. The average Bonchev–Trinajstić information content (AvgIpc) is 3.10. The number of carbonyl (C=O) groups excluding carboxylic acids is 2. The number of nitrogens with one attached hydrogen (secondary N) is 1. The van der Waals surface area contributed by atoms with Gasteiger partial charge in [0.2, 0.25) is 5.91 Å². The van der Waals surface area contributed by atoms with Crippen molar-refractivity contribution in [3.63, 3.8) is 0 Å². The predicted molar refractivity (Wildman–Crippen MR) is 125 cm³/mol. The van der Waals surface area contributed by atoms with Crippen LogP contribution >= 0.6 is 23.5 Å². The van der Waals surface area contributed by atoms with Crippen LogP contribution in [0.15, 0.2) is 34.9 Å². The molecule has 3 rings (SSSR count). The van der Waals surface area contributed by atoms with Crippen LogP contribution in [0.2, 0.25) is 0 Å². The van der Waals surface area contributed by atoms with Crippen LogP contribution in [0.1, 0.15) is 25.8 Å². The van der Waals surface area contributed by atoms with E-state index in [9.17, 15) is 29.6 Å². The fourth-order valence-electron chi connectivity index (χ4n) is 3.95. The van der Waals surface area contributed by atoms with E-state index >= 15 is 0 Å². The maximum absolute atomic E-state index is 12.6. The molecule has 2 amide bonds. The highest BCUT2D eigenvalue weighted by atomic mass is 32.2. The van der Waals surface area contributed by atoms with Crippen LogP contribution in [0.3, 0.4) is 0 Å². The number of nitro groups is 1. The average molecular weight is 496 g/mol. The van der Waals surface area contributed by atoms with Crippen molar-refractivity contribution in [2.45, 2.75) is 38.2 Å². The Morgan fingerprint density at radius 2 is 2.06 bits per heavy atom. The van der Waals surface area contributed by atoms with Crippen LogP contribution in [0, 0.1) is 16.0 Å². The molecule has 2 N–H and O–H groups in total. The summed E-state index contributed by atoms with van der Waals surface area (Å²) in [7, 11) is 0. The highest BCUT2D eigenvalue weighted by Gasteiger charge is 2.56. The monoisotopic (exact) mass is 495 g/mol. The third-order valence-corrected chi connectivity index (χ3v) is 7.74. The van der Waals surface area contributed by atoms with Gasteiger partial charge in [0.1, 0.15) is 12.3 Å². The quantitative estimate of drug-likeness (QED) is 0.205. The van der Waals surface area contributed by atoms with Crippen LogP contribution < -0.4 is 5.32 Å². The molecule has 178 valence electrons. The van der Waals surface area contributed by atoms with E-state index in [1.165, 1.54) is 40.9 Å². The molecule has 0 saturated carbocycles. The Labute approximate surface area is 199 Å². The number of ether oxygens (including phenoxy) is 1. The number of nitrogens with zero attached hydrogens (tertiary/aromatic N) is 2. The van der Waals surface area contributed by atoms with Gasteiger partial charge in [-0.2, -0.15) is 11.8 Å². The molecule has 0 spiro atoms. The Hall–Kier alpha value is -2.73. The zero-order chi connectivity index (χ0) is 24.1. The van der Waals surface area contributed by atoms with Crippen molar-refractivity contribution in [2.24, 2.45) is 5.92 Å².